The van der Waals surface area contributed by atoms with Crippen molar-refractivity contribution in [3.63, 3.8) is 0 Å². The molecule has 0 spiro atoms. The summed E-state index contributed by atoms with van der Waals surface area (Å²) >= 11 is 0. The minimum atomic E-state index is -0.830. The summed E-state index contributed by atoms with van der Waals surface area (Å²) in [4.78, 5) is 10.4. The molecule has 0 bridgehead atoms. The smallest absolute Gasteiger partial charge is 0.149 e. The van der Waals surface area contributed by atoms with E-state index in [1.165, 1.54) is 5.56 Å². The second kappa shape index (κ2) is 16.4. The molecule has 0 aliphatic rings. The summed E-state index contributed by atoms with van der Waals surface area (Å²) < 4.78 is 19.7. The first kappa shape index (κ1) is 37.9. The van der Waals surface area contributed by atoms with Crippen LogP contribution in [0.25, 0.3) is 83.9 Å². The number of phenols is 1. The summed E-state index contributed by atoms with van der Waals surface area (Å²) in [6, 6.07) is 58.2. The SMILES string of the molecule is [2H]C(C)(C)c1ccc(-c2ccnc(-c3cc(-c4ccccc4)cc(-c4cccc5c4nc(-c4ccccc4O)n5-c4ccc(C([2H])(C)C)cc4-c4ccc(C(C)(C)C)cc4)c3)c2)cc1. The van der Waals surface area contributed by atoms with Gasteiger partial charge in [0.1, 0.15) is 11.6 Å². The van der Waals surface area contributed by atoms with Crippen molar-refractivity contribution < 1.29 is 7.85 Å². The number of pyridine rings is 1. The average molecular weight is 810 g/mol. The second-order valence-electron chi connectivity index (χ2n) is 17.7. The molecule has 0 fully saturated rings. The number of hydrogen-bond acceptors (Lipinski definition) is 3. The number of hydrogen-bond donors (Lipinski definition) is 1. The lowest BCUT2D eigenvalue weighted by molar-refractivity contribution is 0.477. The van der Waals surface area contributed by atoms with E-state index in [-0.39, 0.29) is 11.2 Å². The van der Waals surface area contributed by atoms with Crippen LogP contribution in [0.15, 0.2) is 176 Å². The molecule has 0 saturated heterocycles. The largest absolute Gasteiger partial charge is 0.507 e. The van der Waals surface area contributed by atoms with Crippen LogP contribution < -0.4 is 0 Å². The molecule has 0 unspecified atom stereocenters. The molecule has 9 aromatic rings. The Bertz CT molecular complexity index is 3150. The number of fused-ring (bicyclic) bond motifs is 1. The van der Waals surface area contributed by atoms with E-state index in [0.717, 1.165) is 83.6 Å². The number of aromatic hydroxyl groups is 1. The molecule has 0 saturated carbocycles. The normalized spacial score (nSPS) is 12.6. The first-order valence-corrected chi connectivity index (χ1v) is 21.4. The third-order valence-electron chi connectivity index (χ3n) is 11.9. The van der Waals surface area contributed by atoms with E-state index in [1.807, 2.05) is 82.4 Å². The van der Waals surface area contributed by atoms with Gasteiger partial charge in [-0.15, -0.1) is 0 Å². The summed E-state index contributed by atoms with van der Waals surface area (Å²) in [5, 5.41) is 11.5. The topological polar surface area (TPSA) is 50.9 Å². The molecule has 2 heterocycles. The molecule has 1 N–H and O–H groups in total. The fourth-order valence-corrected chi connectivity index (χ4v) is 8.33. The highest BCUT2D eigenvalue weighted by Gasteiger charge is 2.23. The minimum Gasteiger partial charge on any atom is -0.507 e. The van der Waals surface area contributed by atoms with Gasteiger partial charge in [-0.2, -0.15) is 0 Å². The van der Waals surface area contributed by atoms with Crippen molar-refractivity contribution in [1.29, 1.82) is 0 Å². The summed E-state index contributed by atoms with van der Waals surface area (Å²) in [5.41, 5.74) is 16.2. The number of benzene rings is 7. The van der Waals surface area contributed by atoms with E-state index >= 15 is 0 Å². The van der Waals surface area contributed by atoms with E-state index in [1.54, 1.807) is 6.07 Å². The lowest BCUT2D eigenvalue weighted by atomic mass is 9.86. The van der Waals surface area contributed by atoms with Crippen LogP contribution in [0.2, 0.25) is 0 Å². The monoisotopic (exact) mass is 809 g/mol. The molecule has 0 aliphatic carbocycles. The quantitative estimate of drug-likeness (QED) is 0.158. The van der Waals surface area contributed by atoms with Crippen LogP contribution in [0.3, 0.4) is 0 Å². The Labute approximate surface area is 369 Å². The molecular formula is C58H53N3O. The summed E-state index contributed by atoms with van der Waals surface area (Å²) in [7, 11) is 0. The van der Waals surface area contributed by atoms with Gasteiger partial charge >= 0.3 is 0 Å². The van der Waals surface area contributed by atoms with Gasteiger partial charge in [-0.25, -0.2) is 4.98 Å². The highest BCUT2D eigenvalue weighted by Crippen LogP contribution is 2.42. The van der Waals surface area contributed by atoms with Crippen molar-refractivity contribution in [3.8, 4) is 78.6 Å². The highest BCUT2D eigenvalue weighted by molar-refractivity contribution is 5.98. The van der Waals surface area contributed by atoms with Crippen molar-refractivity contribution in [2.45, 2.75) is 65.7 Å². The molecule has 62 heavy (non-hydrogen) atoms. The van der Waals surface area contributed by atoms with Gasteiger partial charge < -0.3 is 5.11 Å². The van der Waals surface area contributed by atoms with Crippen LogP contribution in [-0.4, -0.2) is 19.6 Å². The molecular weight excluding hydrogens is 755 g/mol. The second-order valence-corrected chi connectivity index (χ2v) is 17.7. The Morgan fingerprint density at radius 1 is 0.516 bits per heavy atom. The number of aromatic nitrogens is 3. The van der Waals surface area contributed by atoms with E-state index in [2.05, 4.69) is 141 Å². The first-order chi connectivity index (χ1) is 30.5. The molecule has 4 heteroatoms. The molecule has 306 valence electrons. The maximum absolute atomic E-state index is 11.5. The Hall–Kier alpha value is -7.04. The van der Waals surface area contributed by atoms with E-state index < -0.39 is 11.8 Å². The Morgan fingerprint density at radius 3 is 1.85 bits per heavy atom. The summed E-state index contributed by atoms with van der Waals surface area (Å²) in [6.45, 7) is 14.3. The van der Waals surface area contributed by atoms with Crippen molar-refractivity contribution in [3.05, 3.63) is 193 Å². The number of nitrogens with zero attached hydrogens (tertiary/aromatic N) is 3. The van der Waals surface area contributed by atoms with Crippen molar-refractivity contribution in [2.75, 3.05) is 0 Å². The molecule has 2 aromatic heterocycles. The molecule has 4 nitrogen and oxygen atoms in total. The van der Waals surface area contributed by atoms with E-state index in [9.17, 15) is 5.11 Å². The number of rotatable bonds is 9. The maximum atomic E-state index is 11.5. The van der Waals surface area contributed by atoms with Gasteiger partial charge in [0.05, 0.1) is 28.0 Å². The van der Waals surface area contributed by atoms with Crippen LogP contribution in [0.4, 0.5) is 0 Å². The van der Waals surface area contributed by atoms with Gasteiger partial charge in [-0.3, -0.25) is 9.55 Å². The van der Waals surface area contributed by atoms with Crippen LogP contribution in [-0.2, 0) is 5.41 Å². The Morgan fingerprint density at radius 2 is 1.15 bits per heavy atom. The van der Waals surface area contributed by atoms with Gasteiger partial charge in [0, 0.05) is 25.6 Å². The van der Waals surface area contributed by atoms with Gasteiger partial charge in [0.15, 0.2) is 0 Å². The molecule has 7 aromatic carbocycles. The zero-order chi connectivity index (χ0) is 45.0. The Kier molecular flexibility index (Phi) is 10.1. The van der Waals surface area contributed by atoms with Gasteiger partial charge in [-0.1, -0.05) is 158 Å². The fourth-order valence-electron chi connectivity index (χ4n) is 8.33. The standard InChI is InChI=1S/C58H53N3O/c1-37(2)39-20-22-41(23-21-39)44-30-31-59-52(36-44)47-33-45(40-14-9-8-10-15-40)32-46(34-47)49-17-13-18-54-56(49)60-57(50-16-11-12-19-55(50)62)61(54)53-29-26-43(38(3)4)35-51(53)42-24-27-48(28-25-42)58(5,6)7/h8-38,62H,1-7H3/i37D,38D. The maximum Gasteiger partial charge on any atom is 0.149 e. The molecule has 0 atom stereocenters. The van der Waals surface area contributed by atoms with Gasteiger partial charge in [0.2, 0.25) is 0 Å². The van der Waals surface area contributed by atoms with Crippen LogP contribution in [0.5, 0.6) is 5.75 Å². The third-order valence-corrected chi connectivity index (χ3v) is 11.9. The lowest BCUT2D eigenvalue weighted by Crippen LogP contribution is -2.10. The first-order valence-electron chi connectivity index (χ1n) is 22.4. The minimum absolute atomic E-state index is 0.00940. The number of imidazole rings is 1. The predicted molar refractivity (Wildman–Crippen MR) is 260 cm³/mol. The molecule has 9 rings (SSSR count). The molecule has 0 aliphatic heterocycles. The van der Waals surface area contributed by atoms with Crippen molar-refractivity contribution in [1.82, 2.24) is 14.5 Å². The molecule has 0 amide bonds. The van der Waals surface area contributed by atoms with Gasteiger partial charge in [0.25, 0.3) is 0 Å². The summed E-state index contributed by atoms with van der Waals surface area (Å²) in [6.07, 6.45) is 1.87. The lowest BCUT2D eigenvalue weighted by Gasteiger charge is -2.21. The number of phenolic OH excluding ortho intramolecular Hbond substituents is 1. The summed E-state index contributed by atoms with van der Waals surface area (Å²) in [5.74, 6) is -0.761. The van der Waals surface area contributed by atoms with Crippen LogP contribution in [0.1, 0.15) is 79.7 Å². The third kappa shape index (κ3) is 7.85. The van der Waals surface area contributed by atoms with Crippen molar-refractivity contribution in [2.24, 2.45) is 0 Å². The van der Waals surface area contributed by atoms with E-state index in [4.69, 9.17) is 12.7 Å². The Balaban J connectivity index is 1.27. The van der Waals surface area contributed by atoms with Crippen molar-refractivity contribution >= 4 is 11.0 Å². The van der Waals surface area contributed by atoms with Gasteiger partial charge in [-0.05, 0) is 128 Å². The zero-order valence-corrected chi connectivity index (χ0v) is 36.5. The average Bonchev–Trinajstić information content (AvgIpc) is 3.68. The number of para-hydroxylation sites is 2. The highest BCUT2D eigenvalue weighted by atomic mass is 16.3. The fraction of sp³-hybridized carbons (Fsp3) is 0.172. The van der Waals surface area contributed by atoms with Crippen LogP contribution >= 0.6 is 0 Å². The molecule has 0 radical (unpaired) electrons. The predicted octanol–water partition coefficient (Wildman–Crippen LogP) is 15.7. The van der Waals surface area contributed by atoms with E-state index in [0.29, 0.717) is 11.4 Å². The zero-order valence-electron chi connectivity index (χ0n) is 38.5. The van der Waals surface area contributed by atoms with Crippen LogP contribution in [0, 0.1) is 0 Å².